The quantitative estimate of drug-likeness (QED) is 0.650. The molecule has 3 rings (SSSR count). The number of aromatic nitrogens is 1. The van der Waals surface area contributed by atoms with Gasteiger partial charge >= 0.3 is 0 Å². The number of nitrogens with zero attached hydrogens (tertiary/aromatic N) is 2. The number of aromatic amines is 1. The number of benzene rings is 1. The van der Waals surface area contributed by atoms with Gasteiger partial charge in [-0.3, -0.25) is 0 Å². The molecule has 6 heteroatoms. The van der Waals surface area contributed by atoms with E-state index in [-0.39, 0.29) is 12.4 Å². The molecule has 22 heavy (non-hydrogen) atoms. The molecule has 2 heterocycles. The molecule has 3 N–H and O–H groups in total. The Morgan fingerprint density at radius 3 is 2.91 bits per heavy atom. The third-order valence-corrected chi connectivity index (χ3v) is 4.38. The minimum Gasteiger partial charge on any atom is -0.378 e. The lowest BCUT2D eigenvalue weighted by molar-refractivity contribution is 0.370. The zero-order valence-corrected chi connectivity index (χ0v) is 14.4. The molecule has 118 valence electrons. The summed E-state index contributed by atoms with van der Waals surface area (Å²) in [6.45, 7) is 2.12. The molecule has 4 nitrogen and oxygen atoms in total. The van der Waals surface area contributed by atoms with Gasteiger partial charge in [0.2, 0.25) is 0 Å². The van der Waals surface area contributed by atoms with Gasteiger partial charge in [0.1, 0.15) is 0 Å². The fourth-order valence-corrected chi connectivity index (χ4v) is 2.83. The molecule has 0 spiro atoms. The Kier molecular flexibility index (Phi) is 5.56. The number of amidine groups is 1. The molecular formula is C16H21ClN4S. The van der Waals surface area contributed by atoms with Gasteiger partial charge in [-0.2, -0.15) is 0 Å². The summed E-state index contributed by atoms with van der Waals surface area (Å²) in [7, 11) is 2.15. The first-order valence-electron chi connectivity index (χ1n) is 7.04. The number of hydrogen-bond acceptors (Lipinski definition) is 3. The van der Waals surface area contributed by atoms with Crippen molar-refractivity contribution < 1.29 is 0 Å². The van der Waals surface area contributed by atoms with Crippen molar-refractivity contribution in [2.24, 2.45) is 10.7 Å². The van der Waals surface area contributed by atoms with Crippen LogP contribution in [0.3, 0.4) is 0 Å². The SMILES string of the molecule is CSC(N)=Nc1ccc2[nH]cc(C3=CCN(C)CC3)c2c1.Cl. The van der Waals surface area contributed by atoms with Crippen molar-refractivity contribution in [1.82, 2.24) is 9.88 Å². The van der Waals surface area contributed by atoms with E-state index in [1.54, 1.807) is 0 Å². The molecule has 1 aromatic carbocycles. The number of hydrogen-bond donors (Lipinski definition) is 2. The van der Waals surface area contributed by atoms with Crippen LogP contribution < -0.4 is 5.73 Å². The van der Waals surface area contributed by atoms with E-state index in [9.17, 15) is 0 Å². The lowest BCUT2D eigenvalue weighted by atomic mass is 9.99. The first-order valence-corrected chi connectivity index (χ1v) is 8.27. The topological polar surface area (TPSA) is 57.4 Å². The molecule has 0 amide bonds. The van der Waals surface area contributed by atoms with E-state index in [0.29, 0.717) is 5.17 Å². The Balaban J connectivity index is 0.00000176. The second-order valence-electron chi connectivity index (χ2n) is 5.33. The minimum absolute atomic E-state index is 0. The zero-order chi connectivity index (χ0) is 14.8. The summed E-state index contributed by atoms with van der Waals surface area (Å²) >= 11 is 1.46. The van der Waals surface area contributed by atoms with E-state index >= 15 is 0 Å². The van der Waals surface area contributed by atoms with E-state index in [4.69, 9.17) is 5.73 Å². The molecule has 0 radical (unpaired) electrons. The van der Waals surface area contributed by atoms with E-state index in [1.807, 2.05) is 12.3 Å². The highest BCUT2D eigenvalue weighted by atomic mass is 35.5. The Bertz CT molecular complexity index is 720. The first-order chi connectivity index (χ1) is 10.2. The normalized spacial score (nSPS) is 16.5. The van der Waals surface area contributed by atoms with Gasteiger partial charge in [-0.15, -0.1) is 12.4 Å². The number of thioether (sulfide) groups is 1. The lowest BCUT2D eigenvalue weighted by Gasteiger charge is -2.21. The van der Waals surface area contributed by atoms with Crippen LogP contribution in [0.4, 0.5) is 5.69 Å². The molecule has 0 bridgehead atoms. The zero-order valence-electron chi connectivity index (χ0n) is 12.8. The molecule has 0 atom stereocenters. The third-order valence-electron chi connectivity index (χ3n) is 3.87. The summed E-state index contributed by atoms with van der Waals surface area (Å²) in [5.74, 6) is 0. The average Bonchev–Trinajstić information content (AvgIpc) is 2.91. The fourth-order valence-electron chi connectivity index (χ4n) is 2.63. The van der Waals surface area contributed by atoms with Crippen LogP contribution in [0.1, 0.15) is 12.0 Å². The lowest BCUT2D eigenvalue weighted by Crippen LogP contribution is -2.23. The van der Waals surface area contributed by atoms with Gasteiger partial charge in [0.15, 0.2) is 5.17 Å². The summed E-state index contributed by atoms with van der Waals surface area (Å²) in [6, 6.07) is 6.18. The number of nitrogens with two attached hydrogens (primary N) is 1. The third kappa shape index (κ3) is 3.48. The van der Waals surface area contributed by atoms with Crippen LogP contribution in [0.2, 0.25) is 0 Å². The molecule has 0 aliphatic carbocycles. The molecule has 0 saturated carbocycles. The Morgan fingerprint density at radius 2 is 2.23 bits per heavy atom. The number of likely N-dealkylation sites (N-methyl/N-ethyl adjacent to an activating group) is 1. The van der Waals surface area contributed by atoms with Crippen LogP contribution in [0.25, 0.3) is 16.5 Å². The smallest absolute Gasteiger partial charge is 0.158 e. The minimum atomic E-state index is 0. The van der Waals surface area contributed by atoms with Crippen molar-refractivity contribution in [1.29, 1.82) is 0 Å². The highest BCUT2D eigenvalue weighted by Crippen LogP contribution is 2.31. The predicted octanol–water partition coefficient (Wildman–Crippen LogP) is 3.62. The summed E-state index contributed by atoms with van der Waals surface area (Å²) in [5.41, 5.74) is 10.6. The Labute approximate surface area is 141 Å². The van der Waals surface area contributed by atoms with Crippen molar-refractivity contribution >= 4 is 51.5 Å². The average molecular weight is 337 g/mol. The number of rotatable bonds is 2. The molecular weight excluding hydrogens is 316 g/mol. The number of halogens is 1. The number of nitrogens with one attached hydrogen (secondary N) is 1. The molecule has 0 fully saturated rings. The van der Waals surface area contributed by atoms with Crippen LogP contribution in [0.15, 0.2) is 35.5 Å². The second-order valence-corrected chi connectivity index (χ2v) is 6.15. The van der Waals surface area contributed by atoms with Crippen molar-refractivity contribution in [3.05, 3.63) is 36.0 Å². The highest BCUT2D eigenvalue weighted by Gasteiger charge is 2.13. The molecule has 2 aromatic rings. The van der Waals surface area contributed by atoms with Crippen LogP contribution in [0.5, 0.6) is 0 Å². The van der Waals surface area contributed by atoms with Crippen LogP contribution in [-0.2, 0) is 0 Å². The maximum atomic E-state index is 5.81. The van der Waals surface area contributed by atoms with E-state index < -0.39 is 0 Å². The van der Waals surface area contributed by atoms with Gasteiger partial charge in [0, 0.05) is 35.8 Å². The molecule has 0 unspecified atom stereocenters. The standard InChI is InChI=1S/C16H20N4S.ClH/c1-20-7-5-11(6-8-20)14-10-18-15-4-3-12(9-13(14)15)19-16(17)21-2;/h3-5,9-10,18H,6-8H2,1-2H3,(H2,17,19);1H. The van der Waals surface area contributed by atoms with Gasteiger partial charge < -0.3 is 15.6 Å². The molecule has 1 aliphatic rings. The maximum Gasteiger partial charge on any atom is 0.158 e. The van der Waals surface area contributed by atoms with Crippen molar-refractivity contribution in [3.63, 3.8) is 0 Å². The van der Waals surface area contributed by atoms with Crippen molar-refractivity contribution in [2.75, 3.05) is 26.4 Å². The highest BCUT2D eigenvalue weighted by molar-refractivity contribution is 8.13. The van der Waals surface area contributed by atoms with Crippen molar-refractivity contribution in [3.8, 4) is 0 Å². The summed E-state index contributed by atoms with van der Waals surface area (Å²) in [6.07, 6.45) is 7.44. The number of aliphatic imine (C=N–C) groups is 1. The Hall–Kier alpha value is -1.43. The van der Waals surface area contributed by atoms with Gasteiger partial charge in [-0.05, 0) is 43.5 Å². The van der Waals surface area contributed by atoms with Crippen LogP contribution >= 0.6 is 24.2 Å². The van der Waals surface area contributed by atoms with E-state index in [2.05, 4.69) is 46.3 Å². The summed E-state index contributed by atoms with van der Waals surface area (Å²) in [5, 5.41) is 1.81. The molecule has 1 aliphatic heterocycles. The monoisotopic (exact) mass is 336 g/mol. The van der Waals surface area contributed by atoms with Gasteiger partial charge in [-0.1, -0.05) is 17.8 Å². The van der Waals surface area contributed by atoms with Crippen LogP contribution in [-0.4, -0.2) is 41.4 Å². The Morgan fingerprint density at radius 1 is 1.41 bits per heavy atom. The largest absolute Gasteiger partial charge is 0.378 e. The number of fused-ring (bicyclic) bond motifs is 1. The summed E-state index contributed by atoms with van der Waals surface area (Å²) < 4.78 is 0. The fraction of sp³-hybridized carbons (Fsp3) is 0.312. The van der Waals surface area contributed by atoms with Gasteiger partial charge in [0.25, 0.3) is 0 Å². The van der Waals surface area contributed by atoms with Crippen LogP contribution in [0, 0.1) is 0 Å². The molecule has 1 aromatic heterocycles. The maximum absolute atomic E-state index is 5.81. The number of H-pyrrole nitrogens is 1. The van der Waals surface area contributed by atoms with Crippen molar-refractivity contribution in [2.45, 2.75) is 6.42 Å². The summed E-state index contributed by atoms with van der Waals surface area (Å²) in [4.78, 5) is 10.1. The second kappa shape index (κ2) is 7.22. The van der Waals surface area contributed by atoms with Gasteiger partial charge in [-0.25, -0.2) is 4.99 Å². The molecule has 0 saturated heterocycles. The first kappa shape index (κ1) is 16.9. The van der Waals surface area contributed by atoms with E-state index in [0.717, 1.165) is 30.7 Å². The van der Waals surface area contributed by atoms with Gasteiger partial charge in [0.05, 0.1) is 5.69 Å². The van der Waals surface area contributed by atoms with E-state index in [1.165, 1.54) is 28.3 Å². The predicted molar refractivity (Wildman–Crippen MR) is 100 cm³/mol.